The van der Waals surface area contributed by atoms with E-state index in [-0.39, 0.29) is 0 Å². The summed E-state index contributed by atoms with van der Waals surface area (Å²) in [7, 11) is 0. The molecule has 0 radical (unpaired) electrons. The lowest BCUT2D eigenvalue weighted by Gasteiger charge is -2.24. The minimum absolute atomic E-state index is 0.956. The van der Waals surface area contributed by atoms with Crippen molar-refractivity contribution in [3.05, 3.63) is 60.1 Å². The van der Waals surface area contributed by atoms with Crippen LogP contribution in [0.1, 0.15) is 11.1 Å². The summed E-state index contributed by atoms with van der Waals surface area (Å²) in [6, 6.07) is 12.2. The lowest BCUT2D eigenvalue weighted by atomic mass is 9.80. The molecule has 0 spiro atoms. The molecule has 0 saturated heterocycles. The van der Waals surface area contributed by atoms with Gasteiger partial charge in [0, 0.05) is 11.1 Å². The van der Waals surface area contributed by atoms with Crippen LogP contribution in [0.3, 0.4) is 0 Å². The molecule has 1 aliphatic rings. The van der Waals surface area contributed by atoms with E-state index in [4.69, 9.17) is 8.83 Å². The number of benzene rings is 1. The second-order valence-corrected chi connectivity index (χ2v) is 4.57. The van der Waals surface area contributed by atoms with E-state index in [2.05, 4.69) is 12.1 Å². The van der Waals surface area contributed by atoms with E-state index in [0.29, 0.717) is 0 Å². The summed E-state index contributed by atoms with van der Waals surface area (Å²) in [5.74, 6) is 1.91. The number of hydrogen-bond acceptors (Lipinski definition) is 2. The molecule has 2 heteroatoms. The fraction of sp³-hybridized carbons (Fsp3) is 0.125. The standard InChI is InChI=1S/C16H12O2/c1-3-15(17-9-1)13-7-8-14(12-6-5-11(12)13)16-4-2-10-18-16/h1-4,7-10H,5-6H2. The lowest BCUT2D eigenvalue weighted by molar-refractivity contribution is 0.577. The first-order valence-electron chi connectivity index (χ1n) is 6.16. The summed E-state index contributed by atoms with van der Waals surface area (Å²) in [5, 5.41) is 0. The zero-order valence-electron chi connectivity index (χ0n) is 9.85. The van der Waals surface area contributed by atoms with Crippen molar-refractivity contribution in [2.75, 3.05) is 0 Å². The Labute approximate surface area is 105 Å². The smallest absolute Gasteiger partial charge is 0.134 e. The molecule has 2 nitrogen and oxygen atoms in total. The van der Waals surface area contributed by atoms with Crippen LogP contribution in [0.4, 0.5) is 0 Å². The minimum atomic E-state index is 0.956. The number of rotatable bonds is 2. The Balaban J connectivity index is 1.89. The van der Waals surface area contributed by atoms with Crippen molar-refractivity contribution in [3.63, 3.8) is 0 Å². The molecule has 2 aromatic heterocycles. The summed E-state index contributed by atoms with van der Waals surface area (Å²) >= 11 is 0. The highest BCUT2D eigenvalue weighted by molar-refractivity contribution is 5.76. The molecule has 0 atom stereocenters. The molecule has 88 valence electrons. The summed E-state index contributed by atoms with van der Waals surface area (Å²) in [4.78, 5) is 0. The van der Waals surface area contributed by atoms with Gasteiger partial charge in [0.2, 0.25) is 0 Å². The van der Waals surface area contributed by atoms with Gasteiger partial charge in [0.05, 0.1) is 12.5 Å². The highest BCUT2D eigenvalue weighted by atomic mass is 16.3. The topological polar surface area (TPSA) is 26.3 Å². The fourth-order valence-corrected chi connectivity index (χ4v) is 2.66. The first-order valence-corrected chi connectivity index (χ1v) is 6.16. The Kier molecular flexibility index (Phi) is 1.97. The summed E-state index contributed by atoms with van der Waals surface area (Å²) in [5.41, 5.74) is 5.24. The number of furan rings is 2. The normalized spacial score (nSPS) is 13.1. The number of hydrogen-bond donors (Lipinski definition) is 0. The van der Waals surface area contributed by atoms with Crippen molar-refractivity contribution in [3.8, 4) is 22.6 Å². The van der Waals surface area contributed by atoms with Crippen LogP contribution in [-0.4, -0.2) is 0 Å². The van der Waals surface area contributed by atoms with Crippen molar-refractivity contribution in [1.82, 2.24) is 0 Å². The van der Waals surface area contributed by atoms with Gasteiger partial charge >= 0.3 is 0 Å². The van der Waals surface area contributed by atoms with E-state index in [1.54, 1.807) is 12.5 Å². The van der Waals surface area contributed by atoms with Crippen LogP contribution < -0.4 is 0 Å². The van der Waals surface area contributed by atoms with Crippen molar-refractivity contribution in [2.24, 2.45) is 0 Å². The van der Waals surface area contributed by atoms with Crippen molar-refractivity contribution in [2.45, 2.75) is 12.8 Å². The van der Waals surface area contributed by atoms with Gasteiger partial charge in [0.25, 0.3) is 0 Å². The van der Waals surface area contributed by atoms with Gasteiger partial charge in [-0.2, -0.15) is 0 Å². The van der Waals surface area contributed by atoms with Gasteiger partial charge in [-0.3, -0.25) is 0 Å². The third kappa shape index (κ3) is 1.29. The van der Waals surface area contributed by atoms with E-state index in [9.17, 15) is 0 Å². The molecule has 0 unspecified atom stereocenters. The number of fused-ring (bicyclic) bond motifs is 1. The summed E-state index contributed by atoms with van der Waals surface area (Å²) in [6.07, 6.45) is 5.70. The molecule has 0 bridgehead atoms. The molecule has 0 fully saturated rings. The van der Waals surface area contributed by atoms with Crippen LogP contribution in [0.15, 0.2) is 57.8 Å². The third-order valence-corrected chi connectivity index (χ3v) is 3.63. The summed E-state index contributed by atoms with van der Waals surface area (Å²) < 4.78 is 11.0. The van der Waals surface area contributed by atoms with Crippen LogP contribution in [-0.2, 0) is 12.8 Å². The van der Waals surface area contributed by atoms with E-state index < -0.39 is 0 Å². The molecule has 1 aliphatic carbocycles. The van der Waals surface area contributed by atoms with Crippen LogP contribution in [0.25, 0.3) is 22.6 Å². The van der Waals surface area contributed by atoms with Gasteiger partial charge in [-0.25, -0.2) is 0 Å². The van der Waals surface area contributed by atoms with E-state index >= 15 is 0 Å². The molecule has 0 aliphatic heterocycles. The van der Waals surface area contributed by atoms with Gasteiger partial charge in [-0.15, -0.1) is 0 Å². The van der Waals surface area contributed by atoms with Crippen LogP contribution >= 0.6 is 0 Å². The van der Waals surface area contributed by atoms with Gasteiger partial charge in [-0.05, 0) is 48.2 Å². The maximum absolute atomic E-state index is 5.50. The zero-order chi connectivity index (χ0) is 11.9. The molecule has 2 heterocycles. The largest absolute Gasteiger partial charge is 0.464 e. The van der Waals surface area contributed by atoms with E-state index in [1.807, 2.05) is 24.3 Å². The third-order valence-electron chi connectivity index (χ3n) is 3.63. The first-order chi connectivity index (χ1) is 8.93. The van der Waals surface area contributed by atoms with Crippen molar-refractivity contribution < 1.29 is 8.83 Å². The van der Waals surface area contributed by atoms with E-state index in [0.717, 1.165) is 24.4 Å². The second-order valence-electron chi connectivity index (χ2n) is 4.57. The predicted octanol–water partition coefficient (Wildman–Crippen LogP) is 4.31. The molecule has 1 aromatic carbocycles. The SMILES string of the molecule is c1coc(-c2ccc(-c3ccco3)c3c2CC3)c1. The molecule has 0 amide bonds. The first kappa shape index (κ1) is 9.77. The monoisotopic (exact) mass is 236 g/mol. The van der Waals surface area contributed by atoms with Gasteiger partial charge in [0.1, 0.15) is 11.5 Å². The second kappa shape index (κ2) is 3.64. The summed E-state index contributed by atoms with van der Waals surface area (Å²) in [6.45, 7) is 0. The lowest BCUT2D eigenvalue weighted by Crippen LogP contribution is -2.11. The molecule has 18 heavy (non-hydrogen) atoms. The quantitative estimate of drug-likeness (QED) is 0.662. The minimum Gasteiger partial charge on any atom is -0.464 e. The fourth-order valence-electron chi connectivity index (χ4n) is 2.66. The van der Waals surface area contributed by atoms with Crippen molar-refractivity contribution >= 4 is 0 Å². The average molecular weight is 236 g/mol. The Morgan fingerprint density at radius 1 is 0.667 bits per heavy atom. The zero-order valence-corrected chi connectivity index (χ0v) is 9.85. The Morgan fingerprint density at radius 2 is 1.17 bits per heavy atom. The van der Waals surface area contributed by atoms with Crippen LogP contribution in [0.2, 0.25) is 0 Å². The van der Waals surface area contributed by atoms with Gasteiger partial charge in [0.15, 0.2) is 0 Å². The maximum Gasteiger partial charge on any atom is 0.134 e. The Morgan fingerprint density at radius 3 is 1.50 bits per heavy atom. The average Bonchev–Trinajstić information content (AvgIpc) is 3.01. The van der Waals surface area contributed by atoms with E-state index in [1.165, 1.54) is 22.3 Å². The van der Waals surface area contributed by atoms with Crippen LogP contribution in [0, 0.1) is 0 Å². The molecule has 0 N–H and O–H groups in total. The molecular weight excluding hydrogens is 224 g/mol. The Hall–Kier alpha value is -2.22. The molecule has 0 saturated carbocycles. The highest BCUT2D eigenvalue weighted by Crippen LogP contribution is 2.40. The molecule has 4 rings (SSSR count). The molecule has 3 aromatic rings. The molecular formula is C16H12O2. The van der Waals surface area contributed by atoms with Gasteiger partial charge in [-0.1, -0.05) is 12.1 Å². The van der Waals surface area contributed by atoms with Crippen molar-refractivity contribution in [1.29, 1.82) is 0 Å². The van der Waals surface area contributed by atoms with Gasteiger partial charge < -0.3 is 8.83 Å². The highest BCUT2D eigenvalue weighted by Gasteiger charge is 2.24. The van der Waals surface area contributed by atoms with Crippen LogP contribution in [0.5, 0.6) is 0 Å². The predicted molar refractivity (Wildman–Crippen MR) is 69.3 cm³/mol. The maximum atomic E-state index is 5.50. The Bertz CT molecular complexity index is 615.